The molecule has 5 nitrogen and oxygen atoms in total. The highest BCUT2D eigenvalue weighted by Gasteiger charge is 2.20. The molecule has 6 heteroatoms. The highest BCUT2D eigenvalue weighted by molar-refractivity contribution is 7.87. The van der Waals surface area contributed by atoms with Crippen molar-refractivity contribution in [2.24, 2.45) is 0 Å². The SMILES string of the molecule is COc1ccc(S(=O)(=O)Oc2cc(C)cc(C(C)C)c2)cc1OC. The number of aryl methyl sites for hydroxylation is 1. The van der Waals surface area contributed by atoms with Crippen LogP contribution in [-0.4, -0.2) is 22.6 Å². The summed E-state index contributed by atoms with van der Waals surface area (Å²) in [5.41, 5.74) is 1.96. The Balaban J connectivity index is 2.38. The van der Waals surface area contributed by atoms with Gasteiger partial charge in [-0.25, -0.2) is 0 Å². The Labute approximate surface area is 143 Å². The van der Waals surface area contributed by atoms with Crippen LogP contribution in [0.25, 0.3) is 0 Å². The molecule has 0 N–H and O–H groups in total. The van der Waals surface area contributed by atoms with E-state index < -0.39 is 10.1 Å². The van der Waals surface area contributed by atoms with Gasteiger partial charge in [0.05, 0.1) is 14.2 Å². The van der Waals surface area contributed by atoms with Gasteiger partial charge in [0.25, 0.3) is 0 Å². The Morgan fingerprint density at radius 3 is 2.17 bits per heavy atom. The van der Waals surface area contributed by atoms with Gasteiger partial charge in [-0.1, -0.05) is 19.9 Å². The minimum atomic E-state index is -3.97. The van der Waals surface area contributed by atoms with E-state index in [1.54, 1.807) is 12.1 Å². The van der Waals surface area contributed by atoms with Gasteiger partial charge in [0.1, 0.15) is 10.6 Å². The summed E-state index contributed by atoms with van der Waals surface area (Å²) in [6.45, 7) is 5.99. The molecule has 0 bridgehead atoms. The number of hydrogen-bond acceptors (Lipinski definition) is 5. The van der Waals surface area contributed by atoms with Crippen LogP contribution in [0.3, 0.4) is 0 Å². The number of rotatable bonds is 6. The Morgan fingerprint density at radius 1 is 0.917 bits per heavy atom. The smallest absolute Gasteiger partial charge is 0.339 e. The van der Waals surface area contributed by atoms with Crippen LogP contribution in [0.15, 0.2) is 41.3 Å². The van der Waals surface area contributed by atoms with Crippen molar-refractivity contribution in [3.05, 3.63) is 47.5 Å². The fraction of sp³-hybridized carbons (Fsp3) is 0.333. The minimum Gasteiger partial charge on any atom is -0.493 e. The largest absolute Gasteiger partial charge is 0.493 e. The standard InChI is InChI=1S/C18H22O5S/c1-12(2)14-8-13(3)9-15(10-14)23-24(19,20)16-6-7-17(21-4)18(11-16)22-5/h6-12H,1-5H3. The molecule has 0 spiro atoms. The Kier molecular flexibility index (Phi) is 5.39. The lowest BCUT2D eigenvalue weighted by molar-refractivity contribution is 0.353. The Bertz CT molecular complexity index is 825. The van der Waals surface area contributed by atoms with E-state index in [0.29, 0.717) is 17.2 Å². The summed E-state index contributed by atoms with van der Waals surface area (Å²) in [5, 5.41) is 0. The second-order valence-corrected chi connectivity index (χ2v) is 7.33. The molecule has 2 aromatic carbocycles. The van der Waals surface area contributed by atoms with Crippen LogP contribution in [0.4, 0.5) is 0 Å². The fourth-order valence-electron chi connectivity index (χ4n) is 2.30. The first-order chi connectivity index (χ1) is 11.3. The van der Waals surface area contributed by atoms with Gasteiger partial charge < -0.3 is 13.7 Å². The van der Waals surface area contributed by atoms with Gasteiger partial charge in [0, 0.05) is 6.07 Å². The first-order valence-electron chi connectivity index (χ1n) is 7.55. The summed E-state index contributed by atoms with van der Waals surface area (Å²) < 4.78 is 40.7. The van der Waals surface area contributed by atoms with Gasteiger partial charge in [0.2, 0.25) is 0 Å². The van der Waals surface area contributed by atoms with Crippen molar-refractivity contribution in [2.45, 2.75) is 31.6 Å². The predicted molar refractivity (Wildman–Crippen MR) is 92.6 cm³/mol. The van der Waals surface area contributed by atoms with Crippen molar-refractivity contribution >= 4 is 10.1 Å². The lowest BCUT2D eigenvalue weighted by Gasteiger charge is -2.13. The first kappa shape index (κ1) is 18.1. The molecule has 0 aliphatic carbocycles. The van der Waals surface area contributed by atoms with Crippen LogP contribution in [0.5, 0.6) is 17.2 Å². The summed E-state index contributed by atoms with van der Waals surface area (Å²) in [7, 11) is -1.03. The molecule has 0 amide bonds. The number of hydrogen-bond donors (Lipinski definition) is 0. The minimum absolute atomic E-state index is 0.00718. The van der Waals surface area contributed by atoms with E-state index in [4.69, 9.17) is 13.7 Å². The van der Waals surface area contributed by atoms with Crippen LogP contribution in [0.2, 0.25) is 0 Å². The van der Waals surface area contributed by atoms with E-state index in [9.17, 15) is 8.42 Å². The molecule has 0 aliphatic rings. The molecule has 2 rings (SSSR count). The molecule has 130 valence electrons. The lowest BCUT2D eigenvalue weighted by Crippen LogP contribution is -2.10. The molecule has 0 unspecified atom stereocenters. The highest BCUT2D eigenvalue weighted by atomic mass is 32.2. The first-order valence-corrected chi connectivity index (χ1v) is 8.95. The van der Waals surface area contributed by atoms with Crippen LogP contribution < -0.4 is 13.7 Å². The van der Waals surface area contributed by atoms with Gasteiger partial charge in [-0.2, -0.15) is 8.42 Å². The van der Waals surface area contributed by atoms with E-state index in [-0.39, 0.29) is 10.8 Å². The van der Waals surface area contributed by atoms with Crippen molar-refractivity contribution < 1.29 is 22.1 Å². The molecular weight excluding hydrogens is 328 g/mol. The topological polar surface area (TPSA) is 61.8 Å². The maximum absolute atomic E-state index is 12.5. The van der Waals surface area contributed by atoms with Gasteiger partial charge >= 0.3 is 10.1 Å². The Morgan fingerprint density at radius 2 is 1.58 bits per heavy atom. The third-order valence-electron chi connectivity index (χ3n) is 3.59. The van der Waals surface area contributed by atoms with Crippen LogP contribution >= 0.6 is 0 Å². The molecule has 0 aliphatic heterocycles. The Hall–Kier alpha value is -2.21. The van der Waals surface area contributed by atoms with E-state index in [0.717, 1.165) is 11.1 Å². The normalized spacial score (nSPS) is 11.4. The van der Waals surface area contributed by atoms with Gasteiger partial charge in [-0.3, -0.25) is 0 Å². The van der Waals surface area contributed by atoms with Crippen molar-refractivity contribution in [2.75, 3.05) is 14.2 Å². The number of benzene rings is 2. The van der Waals surface area contributed by atoms with Crippen LogP contribution in [0, 0.1) is 6.92 Å². The maximum atomic E-state index is 12.5. The van der Waals surface area contributed by atoms with Gasteiger partial charge in [-0.15, -0.1) is 0 Å². The second-order valence-electron chi connectivity index (χ2n) is 5.79. The number of methoxy groups -OCH3 is 2. The van der Waals surface area contributed by atoms with E-state index in [2.05, 4.69) is 0 Å². The van der Waals surface area contributed by atoms with Crippen molar-refractivity contribution in [1.82, 2.24) is 0 Å². The molecule has 0 atom stereocenters. The summed E-state index contributed by atoms with van der Waals surface area (Å²) in [6.07, 6.45) is 0. The molecule has 0 saturated carbocycles. The zero-order valence-electron chi connectivity index (χ0n) is 14.5. The van der Waals surface area contributed by atoms with E-state index in [1.807, 2.05) is 26.8 Å². The molecule has 0 fully saturated rings. The maximum Gasteiger partial charge on any atom is 0.339 e. The summed E-state index contributed by atoms with van der Waals surface area (Å²) in [5.74, 6) is 1.35. The second kappa shape index (κ2) is 7.13. The zero-order valence-corrected chi connectivity index (χ0v) is 15.3. The predicted octanol–water partition coefficient (Wildman–Crippen LogP) is 3.90. The van der Waals surface area contributed by atoms with Crippen LogP contribution in [0.1, 0.15) is 30.9 Å². The quantitative estimate of drug-likeness (QED) is 0.739. The number of ether oxygens (including phenoxy) is 2. The molecule has 0 heterocycles. The monoisotopic (exact) mass is 350 g/mol. The third kappa shape index (κ3) is 4.00. The van der Waals surface area contributed by atoms with E-state index in [1.165, 1.54) is 32.4 Å². The molecule has 0 aromatic heterocycles. The van der Waals surface area contributed by atoms with Crippen molar-refractivity contribution in [3.8, 4) is 17.2 Å². The molecule has 0 saturated heterocycles. The van der Waals surface area contributed by atoms with Crippen LogP contribution in [-0.2, 0) is 10.1 Å². The third-order valence-corrected chi connectivity index (χ3v) is 4.83. The van der Waals surface area contributed by atoms with Gasteiger partial charge in [0.15, 0.2) is 11.5 Å². The average molecular weight is 350 g/mol. The average Bonchev–Trinajstić information content (AvgIpc) is 2.53. The summed E-state index contributed by atoms with van der Waals surface area (Å²) >= 11 is 0. The summed E-state index contributed by atoms with van der Waals surface area (Å²) in [4.78, 5) is 0.00718. The highest BCUT2D eigenvalue weighted by Crippen LogP contribution is 2.31. The van der Waals surface area contributed by atoms with E-state index >= 15 is 0 Å². The van der Waals surface area contributed by atoms with Gasteiger partial charge in [-0.05, 0) is 48.2 Å². The molecule has 0 radical (unpaired) electrons. The van der Waals surface area contributed by atoms with Crippen molar-refractivity contribution in [3.63, 3.8) is 0 Å². The molecule has 2 aromatic rings. The lowest BCUT2D eigenvalue weighted by atomic mass is 10.0. The van der Waals surface area contributed by atoms with Crippen molar-refractivity contribution in [1.29, 1.82) is 0 Å². The molecule has 24 heavy (non-hydrogen) atoms. The summed E-state index contributed by atoms with van der Waals surface area (Å²) in [6, 6.07) is 9.80. The zero-order chi connectivity index (χ0) is 17.9. The fourth-order valence-corrected chi connectivity index (χ4v) is 3.24. The molecular formula is C18H22O5S.